The molecule has 0 bridgehead atoms. The number of hydrogen-bond donors (Lipinski definition) is 2. The predicted octanol–water partition coefficient (Wildman–Crippen LogP) is 7.61. The van der Waals surface area contributed by atoms with Gasteiger partial charge in [-0.05, 0) is 60.4 Å². The molecule has 3 N–H and O–H groups in total. The van der Waals surface area contributed by atoms with Gasteiger partial charge in [-0.2, -0.15) is 13.9 Å². The van der Waals surface area contributed by atoms with Crippen molar-refractivity contribution in [2.45, 2.75) is 26.9 Å². The fraction of sp³-hybridized carbons (Fsp3) is 0.121. The number of carbonyl (C=O) groups is 1. The van der Waals surface area contributed by atoms with Crippen LogP contribution in [0.2, 0.25) is 0 Å². The van der Waals surface area contributed by atoms with Gasteiger partial charge in [-0.1, -0.05) is 30.8 Å². The minimum atomic E-state index is -2.81. The molecule has 13 heteroatoms. The number of hydrogen-bond acceptors (Lipinski definition) is 8. The minimum Gasteiger partial charge on any atom is -0.421 e. The summed E-state index contributed by atoms with van der Waals surface area (Å²) in [7, 11) is 0. The summed E-state index contributed by atoms with van der Waals surface area (Å²) in [5.74, 6) is -0.821. The third kappa shape index (κ3) is 5.92. The number of nitrogens with two attached hydrogens (primary N) is 1. The first-order valence-electron chi connectivity index (χ1n) is 13.9. The summed E-state index contributed by atoms with van der Waals surface area (Å²) < 4.78 is 49.3. The molecule has 6 rings (SSSR count). The van der Waals surface area contributed by atoms with E-state index in [4.69, 9.17) is 10.5 Å². The number of anilines is 1. The highest BCUT2D eigenvalue weighted by Gasteiger charge is 2.24. The van der Waals surface area contributed by atoms with Gasteiger partial charge in [0.25, 0.3) is 0 Å². The van der Waals surface area contributed by atoms with E-state index >= 15 is 4.39 Å². The Labute approximate surface area is 265 Å². The normalized spacial score (nSPS) is 11.3. The number of benzene rings is 2. The van der Waals surface area contributed by atoms with Crippen molar-refractivity contribution in [1.29, 1.82) is 0 Å². The summed E-state index contributed by atoms with van der Waals surface area (Å²) in [6.45, 7) is 4.67. The van der Waals surface area contributed by atoms with Crippen LogP contribution in [0.25, 0.3) is 42.8 Å². The summed E-state index contributed by atoms with van der Waals surface area (Å²) in [5, 5.41) is 7.10. The van der Waals surface area contributed by atoms with Crippen LogP contribution in [-0.2, 0) is 11.3 Å². The molecule has 4 aromatic heterocycles. The van der Waals surface area contributed by atoms with Crippen molar-refractivity contribution in [1.82, 2.24) is 30.0 Å². The SMILES string of the molecule is C=CC(=O)NCc1ccc(-c2sc3c(-c4cnn(C(F)F)c4)cnc(N)c3c2-c2ccc(Oc3nccc(C)n3)c(F)c2)c(C)c1. The molecule has 0 saturated carbocycles. The highest BCUT2D eigenvalue weighted by molar-refractivity contribution is 7.23. The summed E-state index contributed by atoms with van der Waals surface area (Å²) >= 11 is 1.38. The number of aryl methyl sites for hydroxylation is 2. The maximum absolute atomic E-state index is 15.6. The van der Waals surface area contributed by atoms with Crippen molar-refractivity contribution in [3.05, 3.63) is 103 Å². The number of halogens is 3. The number of thiophene rings is 1. The lowest BCUT2D eigenvalue weighted by atomic mass is 9.95. The van der Waals surface area contributed by atoms with Gasteiger partial charge in [0.05, 0.1) is 6.20 Å². The van der Waals surface area contributed by atoms with Gasteiger partial charge in [0.1, 0.15) is 5.82 Å². The average molecular weight is 642 g/mol. The van der Waals surface area contributed by atoms with Crippen LogP contribution < -0.4 is 15.8 Å². The van der Waals surface area contributed by atoms with Crippen LogP contribution in [0.15, 0.2) is 79.9 Å². The van der Waals surface area contributed by atoms with Gasteiger partial charge in [-0.3, -0.25) is 4.79 Å². The number of nitrogens with zero attached hydrogens (tertiary/aromatic N) is 5. The van der Waals surface area contributed by atoms with Crippen LogP contribution in [0.4, 0.5) is 19.0 Å². The summed E-state index contributed by atoms with van der Waals surface area (Å²) in [6, 6.07) is 12.0. The molecule has 2 aromatic carbocycles. The van der Waals surface area contributed by atoms with Crippen LogP contribution in [0.5, 0.6) is 11.8 Å². The molecule has 0 unspecified atom stereocenters. The summed E-state index contributed by atoms with van der Waals surface area (Å²) in [5.41, 5.74) is 11.8. The monoisotopic (exact) mass is 641 g/mol. The first kappa shape index (κ1) is 30.5. The highest BCUT2D eigenvalue weighted by atomic mass is 32.1. The Morgan fingerprint density at radius 1 is 1.11 bits per heavy atom. The number of amides is 1. The number of carbonyl (C=O) groups excluding carboxylic acids is 1. The van der Waals surface area contributed by atoms with Gasteiger partial charge in [0.15, 0.2) is 11.6 Å². The zero-order valence-corrected chi connectivity index (χ0v) is 25.4. The molecule has 0 radical (unpaired) electrons. The van der Waals surface area contributed by atoms with Crippen LogP contribution in [-0.4, -0.2) is 30.6 Å². The molecule has 46 heavy (non-hydrogen) atoms. The number of alkyl halides is 2. The van der Waals surface area contributed by atoms with E-state index in [1.54, 1.807) is 19.1 Å². The number of ether oxygens (including phenoxy) is 1. The molecule has 0 atom stereocenters. The Balaban J connectivity index is 1.52. The number of nitrogens with one attached hydrogen (secondary N) is 1. The second kappa shape index (κ2) is 12.4. The van der Waals surface area contributed by atoms with Gasteiger partial charge >= 0.3 is 12.6 Å². The number of nitrogen functional groups attached to an aromatic ring is 1. The molecular formula is C33H26F3N7O2S. The Kier molecular flexibility index (Phi) is 8.24. The zero-order valence-electron chi connectivity index (χ0n) is 24.6. The molecule has 0 aliphatic heterocycles. The molecule has 0 saturated heterocycles. The molecule has 1 amide bonds. The van der Waals surface area contributed by atoms with Crippen LogP contribution >= 0.6 is 11.3 Å². The van der Waals surface area contributed by atoms with E-state index in [2.05, 4.69) is 31.9 Å². The third-order valence-corrected chi connectivity index (χ3v) is 8.49. The Hall–Kier alpha value is -5.56. The van der Waals surface area contributed by atoms with Crippen molar-refractivity contribution in [2.75, 3.05) is 5.73 Å². The van der Waals surface area contributed by atoms with Crippen molar-refractivity contribution < 1.29 is 22.7 Å². The Morgan fingerprint density at radius 3 is 2.63 bits per heavy atom. The average Bonchev–Trinajstić information content (AvgIpc) is 3.68. The lowest BCUT2D eigenvalue weighted by Gasteiger charge is -2.12. The van der Waals surface area contributed by atoms with E-state index in [-0.39, 0.29) is 23.5 Å². The summed E-state index contributed by atoms with van der Waals surface area (Å²) in [4.78, 5) is 25.1. The smallest absolute Gasteiger partial charge is 0.333 e. The topological polar surface area (TPSA) is 121 Å². The number of rotatable bonds is 9. The maximum Gasteiger partial charge on any atom is 0.333 e. The predicted molar refractivity (Wildman–Crippen MR) is 171 cm³/mol. The second-order valence-corrected chi connectivity index (χ2v) is 11.4. The van der Waals surface area contributed by atoms with Gasteiger partial charge in [0.2, 0.25) is 5.91 Å². The number of fused-ring (bicyclic) bond motifs is 1. The van der Waals surface area contributed by atoms with Crippen molar-refractivity contribution in [3.8, 4) is 44.5 Å². The molecule has 232 valence electrons. The van der Waals surface area contributed by atoms with E-state index < -0.39 is 12.4 Å². The second-order valence-electron chi connectivity index (χ2n) is 10.4. The van der Waals surface area contributed by atoms with Crippen molar-refractivity contribution in [2.24, 2.45) is 0 Å². The highest BCUT2D eigenvalue weighted by Crippen LogP contribution is 2.50. The van der Waals surface area contributed by atoms with E-state index in [9.17, 15) is 13.6 Å². The Bertz CT molecular complexity index is 2130. The van der Waals surface area contributed by atoms with E-state index in [0.29, 0.717) is 49.3 Å². The molecule has 0 aliphatic rings. The standard InChI is InChI=1S/C33H26F3N7O2S/c1-4-26(44)39-13-19-5-7-22(17(2)11-19)29-27(20-6-8-25(24(34)12-20)45-33-38-10-9-18(3)42-33)28-30(46-29)23(15-40-31(28)37)21-14-41-43(16-21)32(35)36/h4-12,14-16,32H,1,13H2,2-3H3,(H2,37,40)(H,39,44). The fourth-order valence-corrected chi connectivity index (χ4v) is 6.50. The number of pyridine rings is 1. The largest absolute Gasteiger partial charge is 0.421 e. The fourth-order valence-electron chi connectivity index (χ4n) is 5.04. The van der Waals surface area contributed by atoms with Crippen LogP contribution in [0, 0.1) is 19.7 Å². The van der Waals surface area contributed by atoms with Gasteiger partial charge in [0, 0.05) is 62.5 Å². The minimum absolute atomic E-state index is 0.00995. The van der Waals surface area contributed by atoms with Gasteiger partial charge in [-0.25, -0.2) is 24.0 Å². The first-order valence-corrected chi connectivity index (χ1v) is 14.8. The van der Waals surface area contributed by atoms with Crippen LogP contribution in [0.1, 0.15) is 23.4 Å². The van der Waals surface area contributed by atoms with Gasteiger partial charge < -0.3 is 15.8 Å². The maximum atomic E-state index is 15.6. The van der Waals surface area contributed by atoms with Gasteiger partial charge in [-0.15, -0.1) is 11.3 Å². The molecule has 4 heterocycles. The number of aromatic nitrogens is 5. The molecule has 0 fully saturated rings. The van der Waals surface area contributed by atoms with Crippen LogP contribution in [0.3, 0.4) is 0 Å². The zero-order chi connectivity index (χ0) is 32.5. The Morgan fingerprint density at radius 2 is 1.93 bits per heavy atom. The molecular weight excluding hydrogens is 615 g/mol. The molecule has 0 aliphatic carbocycles. The lowest BCUT2D eigenvalue weighted by Crippen LogP contribution is -2.19. The quantitative estimate of drug-likeness (QED) is 0.156. The lowest BCUT2D eigenvalue weighted by molar-refractivity contribution is -0.116. The first-order chi connectivity index (χ1) is 22.1. The summed E-state index contributed by atoms with van der Waals surface area (Å²) in [6.07, 6.45) is 6.83. The molecule has 0 spiro atoms. The van der Waals surface area contributed by atoms with Crippen molar-refractivity contribution in [3.63, 3.8) is 0 Å². The van der Waals surface area contributed by atoms with E-state index in [0.717, 1.165) is 21.6 Å². The molecule has 6 aromatic rings. The molecule has 9 nitrogen and oxygen atoms in total. The third-order valence-electron chi connectivity index (χ3n) is 7.24. The van der Waals surface area contributed by atoms with Crippen molar-refractivity contribution >= 4 is 33.1 Å². The van der Waals surface area contributed by atoms with E-state index in [1.807, 2.05) is 25.1 Å². The van der Waals surface area contributed by atoms with E-state index in [1.165, 1.54) is 54.3 Å².